The molecule has 0 heterocycles. The van der Waals surface area contributed by atoms with Crippen molar-refractivity contribution < 1.29 is 27.4 Å². The molecule has 1 aromatic rings. The molecule has 1 aromatic carbocycles. The zero-order valence-electron chi connectivity index (χ0n) is 10.6. The molecule has 0 amide bonds. The summed E-state index contributed by atoms with van der Waals surface area (Å²) in [6, 6.07) is 1.06. The number of hydrogen-bond acceptors (Lipinski definition) is 2. The average molecular weight is 347 g/mol. The second-order valence-corrected chi connectivity index (χ2v) is 6.00. The zero-order valence-corrected chi connectivity index (χ0v) is 12.1. The number of halogens is 6. The predicted molar refractivity (Wildman–Crippen MR) is 70.3 cm³/mol. The van der Waals surface area contributed by atoms with Gasteiger partial charge in [0.05, 0.1) is 23.3 Å². The van der Waals surface area contributed by atoms with Crippen LogP contribution in [0.2, 0.25) is 5.02 Å². The van der Waals surface area contributed by atoms with Gasteiger partial charge in [-0.2, -0.15) is 13.2 Å². The Hall–Kier alpha value is -0.720. The molecule has 2 rings (SSSR count). The monoisotopic (exact) mass is 346 g/mol. The number of aliphatic hydroxyl groups is 1. The second-order valence-electron chi connectivity index (χ2n) is 4.98. The van der Waals surface area contributed by atoms with Crippen LogP contribution in [-0.4, -0.2) is 23.2 Å². The molecule has 0 radical (unpaired) electrons. The summed E-state index contributed by atoms with van der Waals surface area (Å²) < 4.78 is 56.7. The van der Waals surface area contributed by atoms with Crippen LogP contribution in [-0.2, 0) is 6.18 Å². The molecule has 1 aliphatic carbocycles. The van der Waals surface area contributed by atoms with Crippen molar-refractivity contribution in [2.24, 2.45) is 5.92 Å². The van der Waals surface area contributed by atoms with E-state index >= 15 is 0 Å². The number of benzene rings is 1. The Balaban J connectivity index is 2.14. The lowest BCUT2D eigenvalue weighted by Crippen LogP contribution is -2.21. The van der Waals surface area contributed by atoms with Crippen molar-refractivity contribution in [3.05, 3.63) is 28.5 Å². The SMILES string of the molecule is O[C@@H]1C[C@@H](Cl)C[C@H]1COc1cc(C(F)(F)F)cc(Cl)c1F. The summed E-state index contributed by atoms with van der Waals surface area (Å²) in [6.45, 7) is -0.126. The van der Waals surface area contributed by atoms with Crippen LogP contribution in [0.5, 0.6) is 5.75 Å². The summed E-state index contributed by atoms with van der Waals surface area (Å²) in [6.07, 6.45) is -4.53. The van der Waals surface area contributed by atoms with Crippen molar-refractivity contribution in [2.75, 3.05) is 6.61 Å². The Labute approximate surface area is 128 Å². The number of aliphatic hydroxyl groups excluding tert-OH is 1. The fourth-order valence-corrected chi connectivity index (χ4v) is 2.87. The van der Waals surface area contributed by atoms with Gasteiger partial charge in [0.1, 0.15) is 0 Å². The lowest BCUT2D eigenvalue weighted by Gasteiger charge is -2.17. The van der Waals surface area contributed by atoms with Gasteiger partial charge in [-0.05, 0) is 25.0 Å². The van der Waals surface area contributed by atoms with E-state index in [1.807, 2.05) is 0 Å². The van der Waals surface area contributed by atoms with Crippen LogP contribution in [0, 0.1) is 11.7 Å². The van der Waals surface area contributed by atoms with Gasteiger partial charge in [-0.15, -0.1) is 11.6 Å². The highest BCUT2D eigenvalue weighted by Crippen LogP contribution is 2.37. The first-order valence-corrected chi connectivity index (χ1v) is 7.01. The highest BCUT2D eigenvalue weighted by Gasteiger charge is 2.34. The standard InChI is InChI=1S/C13H12Cl2F4O2/c14-8-1-6(10(20)4-8)5-21-11-3-7(13(17,18)19)2-9(15)12(11)16/h2-3,6,8,10,20H,1,4-5H2/t6-,8-,10+/m0/s1. The third kappa shape index (κ3) is 3.93. The summed E-state index contributed by atoms with van der Waals surface area (Å²) in [4.78, 5) is 0. The molecule has 8 heteroatoms. The quantitative estimate of drug-likeness (QED) is 0.654. The van der Waals surface area contributed by atoms with Crippen LogP contribution in [0.3, 0.4) is 0 Å². The Bertz CT molecular complexity index is 522. The molecule has 1 N–H and O–H groups in total. The first kappa shape index (κ1) is 16.6. The van der Waals surface area contributed by atoms with Crippen LogP contribution in [0.1, 0.15) is 18.4 Å². The summed E-state index contributed by atoms with van der Waals surface area (Å²) >= 11 is 11.3. The van der Waals surface area contributed by atoms with Gasteiger partial charge in [0.15, 0.2) is 11.6 Å². The van der Waals surface area contributed by atoms with Crippen LogP contribution in [0.15, 0.2) is 12.1 Å². The first-order chi connectivity index (χ1) is 9.68. The van der Waals surface area contributed by atoms with Gasteiger partial charge >= 0.3 is 6.18 Å². The molecular formula is C13H12Cl2F4O2. The minimum Gasteiger partial charge on any atom is -0.490 e. The molecule has 0 unspecified atom stereocenters. The van der Waals surface area contributed by atoms with E-state index in [1.165, 1.54) is 0 Å². The third-order valence-corrected chi connectivity index (χ3v) is 4.01. The van der Waals surface area contributed by atoms with E-state index in [0.717, 1.165) is 0 Å². The Morgan fingerprint density at radius 1 is 1.29 bits per heavy atom. The van der Waals surface area contributed by atoms with Crippen molar-refractivity contribution >= 4 is 23.2 Å². The van der Waals surface area contributed by atoms with Crippen LogP contribution in [0.4, 0.5) is 17.6 Å². The second kappa shape index (κ2) is 6.18. The number of ether oxygens (including phenoxy) is 1. The Kier molecular flexibility index (Phi) is 4.90. The van der Waals surface area contributed by atoms with Gasteiger partial charge < -0.3 is 9.84 Å². The van der Waals surface area contributed by atoms with Crippen LogP contribution in [0.25, 0.3) is 0 Å². The maximum absolute atomic E-state index is 13.7. The van der Waals surface area contributed by atoms with E-state index in [9.17, 15) is 22.7 Å². The fourth-order valence-electron chi connectivity index (χ4n) is 2.24. The summed E-state index contributed by atoms with van der Waals surface area (Å²) in [5, 5.41) is 8.80. The minimum absolute atomic E-state index is 0.126. The molecule has 0 spiro atoms. The topological polar surface area (TPSA) is 29.5 Å². The maximum Gasteiger partial charge on any atom is 0.416 e. The molecule has 2 nitrogen and oxygen atoms in total. The zero-order chi connectivity index (χ0) is 15.8. The largest absolute Gasteiger partial charge is 0.490 e. The van der Waals surface area contributed by atoms with Gasteiger partial charge in [-0.1, -0.05) is 11.6 Å². The molecule has 0 aromatic heterocycles. The number of rotatable bonds is 3. The van der Waals surface area contributed by atoms with Crippen LogP contribution < -0.4 is 4.74 Å². The van der Waals surface area contributed by atoms with Gasteiger partial charge in [0.25, 0.3) is 0 Å². The van der Waals surface area contributed by atoms with E-state index in [0.29, 0.717) is 25.0 Å². The highest BCUT2D eigenvalue weighted by atomic mass is 35.5. The van der Waals surface area contributed by atoms with Gasteiger partial charge in [0.2, 0.25) is 0 Å². The van der Waals surface area contributed by atoms with Crippen molar-refractivity contribution in [1.29, 1.82) is 0 Å². The van der Waals surface area contributed by atoms with E-state index < -0.39 is 34.4 Å². The normalized spacial score (nSPS) is 26.1. The molecule has 0 aliphatic heterocycles. The highest BCUT2D eigenvalue weighted by molar-refractivity contribution is 6.31. The van der Waals surface area contributed by atoms with E-state index in [1.54, 1.807) is 0 Å². The predicted octanol–water partition coefficient (Wildman–Crippen LogP) is 4.26. The van der Waals surface area contributed by atoms with E-state index in [4.69, 9.17) is 27.9 Å². The smallest absolute Gasteiger partial charge is 0.416 e. The Morgan fingerprint density at radius 3 is 2.48 bits per heavy atom. The molecular weight excluding hydrogens is 335 g/mol. The molecule has 118 valence electrons. The molecule has 21 heavy (non-hydrogen) atoms. The maximum atomic E-state index is 13.7. The number of alkyl halides is 4. The van der Waals surface area contributed by atoms with Crippen molar-refractivity contribution in [3.63, 3.8) is 0 Å². The first-order valence-electron chi connectivity index (χ1n) is 6.19. The molecule has 0 bridgehead atoms. The summed E-state index contributed by atoms with van der Waals surface area (Å²) in [5.41, 5.74) is -1.09. The van der Waals surface area contributed by atoms with Crippen LogP contribution >= 0.6 is 23.2 Å². The molecule has 3 atom stereocenters. The molecule has 0 saturated heterocycles. The van der Waals surface area contributed by atoms with Crippen molar-refractivity contribution in [1.82, 2.24) is 0 Å². The molecule has 1 aliphatic rings. The van der Waals surface area contributed by atoms with E-state index in [-0.39, 0.29) is 17.9 Å². The van der Waals surface area contributed by atoms with Gasteiger partial charge in [0, 0.05) is 11.3 Å². The lowest BCUT2D eigenvalue weighted by molar-refractivity contribution is -0.137. The molecule has 1 saturated carbocycles. The Morgan fingerprint density at radius 2 is 1.95 bits per heavy atom. The van der Waals surface area contributed by atoms with Crippen molar-refractivity contribution in [3.8, 4) is 5.75 Å². The average Bonchev–Trinajstić information content (AvgIpc) is 2.68. The summed E-state index contributed by atoms with van der Waals surface area (Å²) in [7, 11) is 0. The number of hydrogen-bond donors (Lipinski definition) is 1. The lowest BCUT2D eigenvalue weighted by atomic mass is 10.1. The van der Waals surface area contributed by atoms with Gasteiger partial charge in [-0.25, -0.2) is 4.39 Å². The van der Waals surface area contributed by atoms with E-state index in [2.05, 4.69) is 0 Å². The fraction of sp³-hybridized carbons (Fsp3) is 0.538. The minimum atomic E-state index is -4.65. The summed E-state index contributed by atoms with van der Waals surface area (Å²) in [5.74, 6) is -1.99. The molecule has 1 fully saturated rings. The van der Waals surface area contributed by atoms with Crippen molar-refractivity contribution in [2.45, 2.75) is 30.5 Å². The van der Waals surface area contributed by atoms with Gasteiger partial charge in [-0.3, -0.25) is 0 Å². The third-order valence-electron chi connectivity index (χ3n) is 3.37.